The number of ether oxygens (including phenoxy) is 2. The molecule has 19 heavy (non-hydrogen) atoms. The fourth-order valence-corrected chi connectivity index (χ4v) is 1.80. The third-order valence-corrected chi connectivity index (χ3v) is 2.83. The Balaban J connectivity index is 2.77. The molecule has 1 saturated heterocycles. The Labute approximate surface area is 113 Å². The summed E-state index contributed by atoms with van der Waals surface area (Å²) in [6.45, 7) is 8.48. The highest BCUT2D eigenvalue weighted by molar-refractivity contribution is 6.07. The Morgan fingerprint density at radius 2 is 1.95 bits per heavy atom. The second-order valence-corrected chi connectivity index (χ2v) is 5.81. The zero-order chi connectivity index (χ0) is 14.8. The second-order valence-electron chi connectivity index (χ2n) is 5.81. The van der Waals surface area contributed by atoms with E-state index >= 15 is 0 Å². The van der Waals surface area contributed by atoms with E-state index in [9.17, 15) is 14.4 Å². The zero-order valence-electron chi connectivity index (χ0n) is 12.1. The van der Waals surface area contributed by atoms with E-state index in [2.05, 4.69) is 0 Å². The summed E-state index contributed by atoms with van der Waals surface area (Å²) in [5, 5.41) is 0. The summed E-state index contributed by atoms with van der Waals surface area (Å²) in [7, 11) is 0. The smallest absolute Gasteiger partial charge is 0.410 e. The van der Waals surface area contributed by atoms with Crippen LogP contribution >= 0.6 is 0 Å². The van der Waals surface area contributed by atoms with Gasteiger partial charge in [0.05, 0.1) is 13.2 Å². The van der Waals surface area contributed by atoms with Crippen molar-refractivity contribution in [3.8, 4) is 0 Å². The van der Waals surface area contributed by atoms with E-state index in [4.69, 9.17) is 9.47 Å². The molecule has 0 aliphatic carbocycles. The van der Waals surface area contributed by atoms with Crippen LogP contribution in [0.25, 0.3) is 0 Å². The molecule has 0 aromatic rings. The van der Waals surface area contributed by atoms with Crippen LogP contribution in [0.2, 0.25) is 0 Å². The minimum absolute atomic E-state index is 0.000417. The fraction of sp³-hybridized carbons (Fsp3) is 0.769. The molecule has 1 rings (SSSR count). The third-order valence-electron chi connectivity index (χ3n) is 2.83. The minimum atomic E-state index is -1.28. The van der Waals surface area contributed by atoms with Gasteiger partial charge in [0.25, 0.3) is 0 Å². The lowest BCUT2D eigenvalue weighted by Gasteiger charge is -2.25. The summed E-state index contributed by atoms with van der Waals surface area (Å²) in [5.74, 6) is -0.914. The topological polar surface area (TPSA) is 72.9 Å². The first-order valence-electron chi connectivity index (χ1n) is 6.28. The van der Waals surface area contributed by atoms with Crippen LogP contribution in [0.3, 0.4) is 0 Å². The van der Waals surface area contributed by atoms with Crippen LogP contribution in [0.5, 0.6) is 0 Å². The van der Waals surface area contributed by atoms with Gasteiger partial charge < -0.3 is 9.47 Å². The summed E-state index contributed by atoms with van der Waals surface area (Å²) < 4.78 is 10.1. The Kier molecular flexibility index (Phi) is 4.22. The first-order chi connectivity index (χ1) is 8.60. The lowest BCUT2D eigenvalue weighted by atomic mass is 9.89. The van der Waals surface area contributed by atoms with E-state index in [0.29, 0.717) is 0 Å². The van der Waals surface area contributed by atoms with Gasteiger partial charge >= 0.3 is 12.1 Å². The monoisotopic (exact) mass is 271 g/mol. The number of likely N-dealkylation sites (tertiary alicyclic amines) is 1. The number of hydrogen-bond acceptors (Lipinski definition) is 5. The number of nitrogens with zero attached hydrogens (tertiary/aromatic N) is 1. The van der Waals surface area contributed by atoms with E-state index in [1.54, 1.807) is 27.7 Å². The van der Waals surface area contributed by atoms with Gasteiger partial charge in [0.15, 0.2) is 5.78 Å². The predicted octanol–water partition coefficient (Wildman–Crippen LogP) is 1.38. The van der Waals surface area contributed by atoms with Crippen molar-refractivity contribution in [3.05, 3.63) is 0 Å². The van der Waals surface area contributed by atoms with Gasteiger partial charge in [-0.15, -0.1) is 0 Å². The molecule has 1 amide bonds. The number of rotatable bonds is 2. The summed E-state index contributed by atoms with van der Waals surface area (Å²) in [6.07, 6.45) is -0.589. The first kappa shape index (κ1) is 15.5. The lowest BCUT2D eigenvalue weighted by molar-refractivity contribution is -0.156. The van der Waals surface area contributed by atoms with Gasteiger partial charge in [-0.2, -0.15) is 0 Å². The molecule has 0 aromatic carbocycles. The summed E-state index contributed by atoms with van der Waals surface area (Å²) in [6, 6.07) is 0. The minimum Gasteiger partial charge on any atom is -0.465 e. The summed E-state index contributed by atoms with van der Waals surface area (Å²) >= 11 is 0. The van der Waals surface area contributed by atoms with Crippen LogP contribution < -0.4 is 0 Å². The molecule has 0 spiro atoms. The molecule has 0 aromatic heterocycles. The largest absolute Gasteiger partial charge is 0.465 e. The normalized spacial score (nSPS) is 23.4. The number of ketones is 1. The molecule has 6 heteroatoms. The van der Waals surface area contributed by atoms with Crippen LogP contribution in [0.1, 0.15) is 34.6 Å². The highest BCUT2D eigenvalue weighted by Gasteiger charge is 2.51. The maximum Gasteiger partial charge on any atom is 0.410 e. The molecular formula is C13H21NO5. The van der Waals surface area contributed by atoms with Crippen molar-refractivity contribution in [1.29, 1.82) is 0 Å². The van der Waals surface area contributed by atoms with Gasteiger partial charge in [0.1, 0.15) is 11.0 Å². The van der Waals surface area contributed by atoms with Crippen molar-refractivity contribution in [1.82, 2.24) is 4.90 Å². The average molecular weight is 271 g/mol. The molecule has 6 nitrogen and oxygen atoms in total. The summed E-state index contributed by atoms with van der Waals surface area (Å²) in [5.41, 5.74) is -1.92. The van der Waals surface area contributed by atoms with Crippen molar-refractivity contribution >= 4 is 17.8 Å². The summed E-state index contributed by atoms with van der Waals surface area (Å²) in [4.78, 5) is 36.9. The molecule has 1 aliphatic heterocycles. The van der Waals surface area contributed by atoms with Gasteiger partial charge in [-0.25, -0.2) is 4.79 Å². The number of esters is 1. The van der Waals surface area contributed by atoms with Crippen LogP contribution in [0.4, 0.5) is 4.79 Å². The predicted molar refractivity (Wildman–Crippen MR) is 67.6 cm³/mol. The van der Waals surface area contributed by atoms with Gasteiger partial charge in [0.2, 0.25) is 0 Å². The zero-order valence-corrected chi connectivity index (χ0v) is 12.1. The first-order valence-corrected chi connectivity index (χ1v) is 6.28. The molecule has 108 valence electrons. The number of carbonyl (C=O) groups is 3. The lowest BCUT2D eigenvalue weighted by Crippen LogP contribution is -2.40. The van der Waals surface area contributed by atoms with Crippen LogP contribution in [-0.4, -0.2) is 48.0 Å². The van der Waals surface area contributed by atoms with Gasteiger partial charge in [-0.1, -0.05) is 0 Å². The molecule has 0 N–H and O–H groups in total. The van der Waals surface area contributed by atoms with Crippen LogP contribution in [0.15, 0.2) is 0 Å². The molecule has 1 unspecified atom stereocenters. The molecule has 1 heterocycles. The van der Waals surface area contributed by atoms with Crippen molar-refractivity contribution in [3.63, 3.8) is 0 Å². The van der Waals surface area contributed by atoms with Gasteiger partial charge in [-0.05, 0) is 34.6 Å². The third kappa shape index (κ3) is 3.45. The van der Waals surface area contributed by atoms with Gasteiger partial charge in [-0.3, -0.25) is 14.5 Å². The molecule has 0 saturated carbocycles. The molecule has 1 fully saturated rings. The second kappa shape index (κ2) is 5.19. The quantitative estimate of drug-likeness (QED) is 0.560. The van der Waals surface area contributed by atoms with Crippen LogP contribution in [-0.2, 0) is 19.1 Å². The number of carbonyl (C=O) groups excluding carboxylic acids is 3. The average Bonchev–Trinajstić information content (AvgIpc) is 2.55. The van der Waals surface area contributed by atoms with E-state index in [0.717, 1.165) is 0 Å². The highest BCUT2D eigenvalue weighted by Crippen LogP contribution is 2.29. The Hall–Kier alpha value is -1.59. The van der Waals surface area contributed by atoms with E-state index < -0.39 is 23.1 Å². The number of hydrogen-bond donors (Lipinski definition) is 0. The Bertz CT molecular complexity index is 398. The van der Waals surface area contributed by atoms with E-state index in [1.165, 1.54) is 11.8 Å². The number of Topliss-reactive ketones (excluding diaryl/α,β-unsaturated/α-hetero) is 1. The number of amides is 1. The molecule has 0 radical (unpaired) electrons. The van der Waals surface area contributed by atoms with Crippen molar-refractivity contribution in [2.45, 2.75) is 40.2 Å². The van der Waals surface area contributed by atoms with Gasteiger partial charge in [0, 0.05) is 6.54 Å². The van der Waals surface area contributed by atoms with E-state index in [-0.39, 0.29) is 25.5 Å². The Morgan fingerprint density at radius 1 is 1.37 bits per heavy atom. The maximum absolute atomic E-state index is 11.9. The SMILES string of the molecule is CCOC(=O)C1(C)CN(C(=O)OC(C)(C)C)CC1=O. The molecular weight excluding hydrogens is 250 g/mol. The molecule has 0 bridgehead atoms. The molecule has 1 atom stereocenters. The van der Waals surface area contributed by atoms with E-state index in [1.807, 2.05) is 0 Å². The van der Waals surface area contributed by atoms with Crippen molar-refractivity contribution in [2.24, 2.45) is 5.41 Å². The fourth-order valence-electron chi connectivity index (χ4n) is 1.80. The van der Waals surface area contributed by atoms with Crippen molar-refractivity contribution < 1.29 is 23.9 Å². The standard InChI is InChI=1S/C13H21NO5/c1-6-18-10(16)13(5)8-14(7-9(13)15)11(17)19-12(2,3)4/h6-8H2,1-5H3. The van der Waals surface area contributed by atoms with Crippen molar-refractivity contribution in [2.75, 3.05) is 19.7 Å². The highest BCUT2D eigenvalue weighted by atomic mass is 16.6. The Morgan fingerprint density at radius 3 is 2.42 bits per heavy atom. The maximum atomic E-state index is 11.9. The molecule has 1 aliphatic rings. The van der Waals surface area contributed by atoms with Crippen LogP contribution in [0, 0.1) is 5.41 Å².